The highest BCUT2D eigenvalue weighted by molar-refractivity contribution is 8.78. The van der Waals surface area contributed by atoms with Crippen molar-refractivity contribution in [1.29, 1.82) is 0 Å². The van der Waals surface area contributed by atoms with E-state index in [1.165, 1.54) is 21.6 Å². The van der Waals surface area contributed by atoms with Gasteiger partial charge in [-0.3, -0.25) is 9.59 Å². The standard InChI is InChI=1S/C20H19NO4S2/c1-10-16(22)20-8-18(2,21-4)14(15(20)17(23)19(10,3)26-27-20)11-5-6-12-13(7-11)25-9-24-12/h5-7,10,14-15H,8-9H2,1-3H3/t10?,14-,15?,18+,19+,20-/m0/s1. The molecule has 2 saturated carbocycles. The van der Waals surface area contributed by atoms with Crippen LogP contribution in [-0.2, 0) is 9.59 Å². The number of ketones is 2. The Labute approximate surface area is 165 Å². The van der Waals surface area contributed by atoms with Gasteiger partial charge in [0.1, 0.15) is 4.75 Å². The van der Waals surface area contributed by atoms with Crippen molar-refractivity contribution in [3.05, 3.63) is 35.2 Å². The van der Waals surface area contributed by atoms with Crippen LogP contribution in [0, 0.1) is 18.4 Å². The van der Waals surface area contributed by atoms with E-state index < -0.39 is 21.0 Å². The predicted molar refractivity (Wildman–Crippen MR) is 104 cm³/mol. The Bertz CT molecular complexity index is 942. The van der Waals surface area contributed by atoms with E-state index in [2.05, 4.69) is 4.85 Å². The average Bonchev–Trinajstić information content (AvgIpc) is 3.23. The second kappa shape index (κ2) is 5.24. The van der Waals surface area contributed by atoms with Crippen molar-refractivity contribution >= 4 is 33.2 Å². The summed E-state index contributed by atoms with van der Waals surface area (Å²) >= 11 is 0. The number of nitrogens with zero attached hydrogens (tertiary/aromatic N) is 1. The lowest BCUT2D eigenvalue weighted by Crippen LogP contribution is -2.65. The van der Waals surface area contributed by atoms with Crippen molar-refractivity contribution in [2.24, 2.45) is 11.8 Å². The number of hydrogen-bond donors (Lipinski definition) is 0. The third-order valence-electron chi connectivity index (χ3n) is 6.91. The van der Waals surface area contributed by atoms with Crippen molar-refractivity contribution in [3.8, 4) is 11.5 Å². The number of hydrogen-bond acceptors (Lipinski definition) is 6. The Morgan fingerprint density at radius 1 is 1.11 bits per heavy atom. The molecule has 2 saturated heterocycles. The lowest BCUT2D eigenvalue weighted by atomic mass is 9.64. The number of carbonyl (C=O) groups is 2. The molecule has 6 atom stereocenters. The SMILES string of the molecule is [C-]#[N+][C@]1(C)C[C@]23SS[C@@](C)(C(=O)C2[C@@H]1c1ccc2c(c1)OCO2)C(C)C3=O. The summed E-state index contributed by atoms with van der Waals surface area (Å²) in [4.78, 5) is 31.0. The maximum Gasteiger partial charge on any atom is 0.239 e. The van der Waals surface area contributed by atoms with Crippen molar-refractivity contribution in [2.45, 2.75) is 48.1 Å². The van der Waals surface area contributed by atoms with Crippen LogP contribution in [0.25, 0.3) is 4.85 Å². The zero-order valence-electron chi connectivity index (χ0n) is 15.3. The molecule has 3 heterocycles. The number of fused-ring (bicyclic) bond motifs is 3. The van der Waals surface area contributed by atoms with Gasteiger partial charge in [0.25, 0.3) is 0 Å². The van der Waals surface area contributed by atoms with Gasteiger partial charge < -0.3 is 14.3 Å². The van der Waals surface area contributed by atoms with Crippen molar-refractivity contribution < 1.29 is 19.1 Å². The lowest BCUT2D eigenvalue weighted by Gasteiger charge is -2.53. The third-order valence-corrected chi connectivity index (χ3v) is 11.0. The molecular weight excluding hydrogens is 382 g/mol. The highest BCUT2D eigenvalue weighted by Crippen LogP contribution is 2.72. The van der Waals surface area contributed by atoms with Crippen molar-refractivity contribution in [2.75, 3.05) is 6.79 Å². The second-order valence-electron chi connectivity index (χ2n) is 8.33. The Hall–Kier alpha value is -1.65. The van der Waals surface area contributed by atoms with Crippen LogP contribution in [0.1, 0.15) is 38.7 Å². The molecule has 7 heteroatoms. The fourth-order valence-corrected chi connectivity index (χ4v) is 9.40. The summed E-state index contributed by atoms with van der Waals surface area (Å²) in [5.41, 5.74) is 0.0715. The molecule has 4 fully saturated rings. The van der Waals surface area contributed by atoms with E-state index in [-0.39, 0.29) is 30.2 Å². The molecule has 1 aromatic rings. The molecule has 0 N–H and O–H groups in total. The molecule has 0 aromatic heterocycles. The number of Topliss-reactive ketones (excluding diaryl/α,β-unsaturated/α-hetero) is 2. The molecule has 3 aliphatic heterocycles. The summed E-state index contributed by atoms with van der Waals surface area (Å²) in [7, 11) is 3.06. The van der Waals surface area contributed by atoms with Gasteiger partial charge in [-0.25, -0.2) is 6.57 Å². The molecule has 6 rings (SSSR count). The summed E-state index contributed by atoms with van der Waals surface area (Å²) in [6.07, 6.45) is 0.413. The fourth-order valence-electron chi connectivity index (χ4n) is 5.29. The van der Waals surface area contributed by atoms with Crippen LogP contribution in [0.3, 0.4) is 0 Å². The van der Waals surface area contributed by atoms with E-state index in [9.17, 15) is 9.59 Å². The molecule has 2 bridgehead atoms. The largest absolute Gasteiger partial charge is 0.454 e. The quantitative estimate of drug-likeness (QED) is 0.526. The van der Waals surface area contributed by atoms with Gasteiger partial charge in [-0.15, -0.1) is 0 Å². The average molecular weight is 402 g/mol. The van der Waals surface area contributed by atoms with E-state index in [1.54, 1.807) is 0 Å². The summed E-state index contributed by atoms with van der Waals surface area (Å²) in [5.74, 6) is 0.442. The minimum atomic E-state index is -0.813. The van der Waals surface area contributed by atoms with Gasteiger partial charge in [-0.1, -0.05) is 34.6 Å². The first-order valence-electron chi connectivity index (χ1n) is 9.00. The highest BCUT2D eigenvalue weighted by atomic mass is 33.1. The predicted octanol–water partition coefficient (Wildman–Crippen LogP) is 3.88. The molecule has 1 aromatic carbocycles. The van der Waals surface area contributed by atoms with Crippen LogP contribution >= 0.6 is 21.6 Å². The molecule has 0 radical (unpaired) electrons. The first-order chi connectivity index (χ1) is 12.8. The summed E-state index contributed by atoms with van der Waals surface area (Å²) in [6, 6.07) is 5.65. The first-order valence-corrected chi connectivity index (χ1v) is 11.2. The van der Waals surface area contributed by atoms with Gasteiger partial charge in [-0.2, -0.15) is 0 Å². The van der Waals surface area contributed by atoms with Crippen LogP contribution in [-0.4, -0.2) is 33.4 Å². The van der Waals surface area contributed by atoms with Gasteiger partial charge >= 0.3 is 0 Å². The van der Waals surface area contributed by atoms with E-state index in [1.807, 2.05) is 39.0 Å². The van der Waals surface area contributed by atoms with E-state index in [4.69, 9.17) is 16.0 Å². The highest BCUT2D eigenvalue weighted by Gasteiger charge is 2.78. The number of benzene rings is 1. The molecule has 5 aliphatic rings. The summed E-state index contributed by atoms with van der Waals surface area (Å²) < 4.78 is 9.39. The normalized spacial score (nSPS) is 44.3. The maximum absolute atomic E-state index is 13.6. The van der Waals surface area contributed by atoms with Crippen LogP contribution in [0.2, 0.25) is 0 Å². The molecular formula is C20H19NO4S2. The van der Waals surface area contributed by atoms with E-state index in [0.717, 1.165) is 5.56 Å². The molecule has 0 amide bonds. The zero-order chi connectivity index (χ0) is 19.2. The van der Waals surface area contributed by atoms with Crippen molar-refractivity contribution in [1.82, 2.24) is 0 Å². The maximum atomic E-state index is 13.6. The Balaban J connectivity index is 1.71. The fraction of sp³-hybridized carbons (Fsp3) is 0.550. The molecule has 140 valence electrons. The molecule has 1 spiro atoms. The van der Waals surface area contributed by atoms with Gasteiger partial charge in [0.15, 0.2) is 23.1 Å². The van der Waals surface area contributed by atoms with E-state index >= 15 is 0 Å². The topological polar surface area (TPSA) is 57.0 Å². The molecule has 2 aliphatic carbocycles. The second-order valence-corrected chi connectivity index (χ2v) is 11.2. The Morgan fingerprint density at radius 2 is 1.85 bits per heavy atom. The summed E-state index contributed by atoms with van der Waals surface area (Å²) in [6.45, 7) is 13.8. The number of rotatable bonds is 1. The van der Waals surface area contributed by atoms with Crippen LogP contribution in [0.4, 0.5) is 0 Å². The summed E-state index contributed by atoms with van der Waals surface area (Å²) in [5, 5.41) is 0. The van der Waals surface area contributed by atoms with Crippen molar-refractivity contribution in [3.63, 3.8) is 0 Å². The zero-order valence-corrected chi connectivity index (χ0v) is 16.9. The van der Waals surface area contributed by atoms with Gasteiger partial charge in [-0.05, 0) is 24.6 Å². The Kier molecular flexibility index (Phi) is 3.38. The minimum Gasteiger partial charge on any atom is -0.454 e. The molecule has 27 heavy (non-hydrogen) atoms. The number of ether oxygens (including phenoxy) is 2. The minimum absolute atomic E-state index is 0.119. The number of carbonyl (C=O) groups excluding carboxylic acids is 2. The smallest absolute Gasteiger partial charge is 0.239 e. The van der Waals surface area contributed by atoms with E-state index in [0.29, 0.717) is 17.9 Å². The molecule has 2 unspecified atom stereocenters. The van der Waals surface area contributed by atoms with Crippen LogP contribution in [0.5, 0.6) is 11.5 Å². The first kappa shape index (κ1) is 17.4. The van der Waals surface area contributed by atoms with Gasteiger partial charge in [0.05, 0.1) is 16.6 Å². The Morgan fingerprint density at radius 3 is 2.59 bits per heavy atom. The monoisotopic (exact) mass is 401 g/mol. The van der Waals surface area contributed by atoms with Crippen LogP contribution < -0.4 is 9.47 Å². The molecule has 5 nitrogen and oxygen atoms in total. The van der Waals surface area contributed by atoms with Gasteiger partial charge in [0.2, 0.25) is 12.3 Å². The lowest BCUT2D eigenvalue weighted by molar-refractivity contribution is -0.141. The van der Waals surface area contributed by atoms with Crippen LogP contribution in [0.15, 0.2) is 18.2 Å². The third kappa shape index (κ3) is 1.93. The van der Waals surface area contributed by atoms with Gasteiger partial charge in [0, 0.05) is 19.3 Å².